The molecule has 164 valence electrons. The van der Waals surface area contributed by atoms with Gasteiger partial charge in [-0.25, -0.2) is 0 Å². The van der Waals surface area contributed by atoms with Crippen molar-refractivity contribution >= 4 is 29.3 Å². The molecule has 31 heavy (non-hydrogen) atoms. The Morgan fingerprint density at radius 3 is 2.61 bits per heavy atom. The van der Waals surface area contributed by atoms with E-state index in [-0.39, 0.29) is 17.7 Å². The fraction of sp³-hybridized carbons (Fsp3) is 0.348. The van der Waals surface area contributed by atoms with Gasteiger partial charge < -0.3 is 14.6 Å². The van der Waals surface area contributed by atoms with E-state index in [1.54, 1.807) is 7.11 Å². The Hall–Kier alpha value is -2.51. The van der Waals surface area contributed by atoms with E-state index in [4.69, 9.17) is 16.3 Å². The van der Waals surface area contributed by atoms with Crippen LogP contribution < -0.4 is 10.1 Å². The number of nitrogens with zero attached hydrogens (tertiary/aromatic N) is 3. The molecule has 0 aliphatic carbocycles. The Labute approximate surface area is 192 Å². The van der Waals surface area contributed by atoms with Crippen LogP contribution in [0.5, 0.6) is 5.75 Å². The number of carbonyl (C=O) groups excluding carboxylic acids is 1. The number of hydrogen-bond acceptors (Lipinski definition) is 5. The number of carbonyl (C=O) groups is 1. The van der Waals surface area contributed by atoms with Gasteiger partial charge in [-0.05, 0) is 49.2 Å². The Morgan fingerprint density at radius 1 is 1.19 bits per heavy atom. The average molecular weight is 459 g/mol. The summed E-state index contributed by atoms with van der Waals surface area (Å²) in [5, 5.41) is 13.1. The van der Waals surface area contributed by atoms with E-state index >= 15 is 0 Å². The van der Waals surface area contributed by atoms with Crippen LogP contribution in [0.4, 0.5) is 0 Å². The van der Waals surface area contributed by atoms with Crippen molar-refractivity contribution in [2.45, 2.75) is 44.4 Å². The minimum Gasteiger partial charge on any atom is -0.497 e. The molecule has 2 aromatic carbocycles. The standard InChI is InChI=1S/C23H27ClN4O2S/c1-4-5-14-28-22(17-10-12-18(30-3)13-11-17)26-27-23(28)31-15-21(29)25-16(2)19-8-6-7-9-20(19)24/h6-13,16H,4-5,14-15H2,1-3H3,(H,25,29). The maximum absolute atomic E-state index is 12.5. The van der Waals surface area contributed by atoms with E-state index in [0.717, 1.165) is 47.2 Å². The summed E-state index contributed by atoms with van der Waals surface area (Å²) < 4.78 is 7.33. The smallest absolute Gasteiger partial charge is 0.230 e. The first-order valence-corrected chi connectivity index (χ1v) is 11.6. The number of thioether (sulfide) groups is 1. The lowest BCUT2D eigenvalue weighted by Gasteiger charge is -2.15. The predicted octanol–water partition coefficient (Wildman–Crippen LogP) is 5.38. The molecule has 1 aromatic heterocycles. The lowest BCUT2D eigenvalue weighted by atomic mass is 10.1. The Bertz CT molecular complexity index is 1010. The molecule has 0 aliphatic heterocycles. The highest BCUT2D eigenvalue weighted by Gasteiger charge is 2.17. The molecule has 0 spiro atoms. The lowest BCUT2D eigenvalue weighted by molar-refractivity contribution is -0.119. The number of rotatable bonds is 10. The van der Waals surface area contributed by atoms with Crippen LogP contribution in [0.2, 0.25) is 5.02 Å². The number of nitrogens with one attached hydrogen (secondary N) is 1. The Balaban J connectivity index is 1.69. The van der Waals surface area contributed by atoms with Crippen molar-refractivity contribution in [3.63, 3.8) is 0 Å². The fourth-order valence-corrected chi connectivity index (χ4v) is 4.26. The summed E-state index contributed by atoms with van der Waals surface area (Å²) in [6.07, 6.45) is 2.06. The third-order valence-corrected chi connectivity index (χ3v) is 6.19. The van der Waals surface area contributed by atoms with Crippen molar-refractivity contribution in [1.29, 1.82) is 0 Å². The minimum absolute atomic E-state index is 0.0755. The lowest BCUT2D eigenvalue weighted by Crippen LogP contribution is -2.28. The second kappa shape index (κ2) is 11.2. The fourth-order valence-electron chi connectivity index (χ4n) is 3.18. The molecule has 0 aliphatic rings. The molecule has 0 radical (unpaired) electrons. The van der Waals surface area contributed by atoms with Crippen LogP contribution in [-0.2, 0) is 11.3 Å². The zero-order valence-electron chi connectivity index (χ0n) is 18.0. The molecular weight excluding hydrogens is 432 g/mol. The summed E-state index contributed by atoms with van der Waals surface area (Å²) in [6.45, 7) is 4.87. The third-order valence-electron chi connectivity index (χ3n) is 4.88. The van der Waals surface area contributed by atoms with Gasteiger partial charge in [0, 0.05) is 17.1 Å². The SMILES string of the molecule is CCCCn1c(SCC(=O)NC(C)c2ccccc2Cl)nnc1-c1ccc(OC)cc1. The number of aromatic nitrogens is 3. The van der Waals surface area contributed by atoms with E-state index in [1.165, 1.54) is 11.8 Å². The van der Waals surface area contributed by atoms with Gasteiger partial charge in [0.1, 0.15) is 5.75 Å². The zero-order chi connectivity index (χ0) is 22.2. The molecule has 3 aromatic rings. The van der Waals surface area contributed by atoms with Gasteiger partial charge in [-0.1, -0.05) is 54.9 Å². The van der Waals surface area contributed by atoms with Crippen LogP contribution in [0.3, 0.4) is 0 Å². The van der Waals surface area contributed by atoms with Gasteiger partial charge in [0.2, 0.25) is 5.91 Å². The molecule has 0 bridgehead atoms. The molecule has 6 nitrogen and oxygen atoms in total. The monoisotopic (exact) mass is 458 g/mol. The molecule has 0 saturated carbocycles. The van der Waals surface area contributed by atoms with Gasteiger partial charge in [-0.2, -0.15) is 0 Å². The molecule has 1 N–H and O–H groups in total. The van der Waals surface area contributed by atoms with Crippen LogP contribution in [0.25, 0.3) is 11.4 Å². The first-order valence-electron chi connectivity index (χ1n) is 10.3. The maximum Gasteiger partial charge on any atom is 0.230 e. The van der Waals surface area contributed by atoms with Crippen LogP contribution in [-0.4, -0.2) is 33.5 Å². The molecule has 0 saturated heterocycles. The van der Waals surface area contributed by atoms with E-state index in [0.29, 0.717) is 5.02 Å². The Kier molecular flexibility index (Phi) is 8.37. The van der Waals surface area contributed by atoms with E-state index in [1.807, 2.05) is 55.5 Å². The summed E-state index contributed by atoms with van der Waals surface area (Å²) in [5.74, 6) is 1.76. The van der Waals surface area contributed by atoms with E-state index in [2.05, 4.69) is 27.0 Å². The molecule has 1 unspecified atom stereocenters. The first kappa shape index (κ1) is 23.2. The summed E-state index contributed by atoms with van der Waals surface area (Å²) in [6, 6.07) is 15.1. The van der Waals surface area contributed by atoms with E-state index in [9.17, 15) is 4.79 Å². The van der Waals surface area contributed by atoms with Crippen molar-refractivity contribution in [2.75, 3.05) is 12.9 Å². The third kappa shape index (κ3) is 6.02. The number of amides is 1. The zero-order valence-corrected chi connectivity index (χ0v) is 19.5. The molecular formula is C23H27ClN4O2S. The normalized spacial score (nSPS) is 11.9. The van der Waals surface area contributed by atoms with Crippen LogP contribution >= 0.6 is 23.4 Å². The number of halogens is 1. The van der Waals surface area contributed by atoms with Crippen molar-refractivity contribution in [3.05, 3.63) is 59.1 Å². The predicted molar refractivity (Wildman–Crippen MR) is 126 cm³/mol. The highest BCUT2D eigenvalue weighted by Crippen LogP contribution is 2.27. The molecule has 1 atom stereocenters. The number of unbranched alkanes of at least 4 members (excludes halogenated alkanes) is 1. The van der Waals surface area contributed by atoms with Crippen molar-refractivity contribution in [1.82, 2.24) is 20.1 Å². The van der Waals surface area contributed by atoms with Crippen LogP contribution in [0.15, 0.2) is 53.7 Å². The van der Waals surface area contributed by atoms with Gasteiger partial charge in [0.25, 0.3) is 0 Å². The number of benzene rings is 2. The molecule has 0 fully saturated rings. The molecule has 1 heterocycles. The maximum atomic E-state index is 12.5. The highest BCUT2D eigenvalue weighted by molar-refractivity contribution is 7.99. The first-order chi connectivity index (χ1) is 15.0. The quantitative estimate of drug-likeness (QED) is 0.413. The highest BCUT2D eigenvalue weighted by atomic mass is 35.5. The topological polar surface area (TPSA) is 69.0 Å². The van der Waals surface area contributed by atoms with Gasteiger partial charge in [0.05, 0.1) is 18.9 Å². The summed E-state index contributed by atoms with van der Waals surface area (Å²) in [5.41, 5.74) is 1.86. The summed E-state index contributed by atoms with van der Waals surface area (Å²) in [4.78, 5) is 12.5. The molecule has 1 amide bonds. The van der Waals surface area contributed by atoms with Crippen LogP contribution in [0, 0.1) is 0 Å². The van der Waals surface area contributed by atoms with Gasteiger partial charge >= 0.3 is 0 Å². The van der Waals surface area contributed by atoms with Crippen molar-refractivity contribution in [3.8, 4) is 17.1 Å². The van der Waals surface area contributed by atoms with Crippen molar-refractivity contribution < 1.29 is 9.53 Å². The largest absolute Gasteiger partial charge is 0.497 e. The van der Waals surface area contributed by atoms with Gasteiger partial charge in [-0.3, -0.25) is 4.79 Å². The van der Waals surface area contributed by atoms with Gasteiger partial charge in [0.15, 0.2) is 11.0 Å². The summed E-state index contributed by atoms with van der Waals surface area (Å²) >= 11 is 7.63. The van der Waals surface area contributed by atoms with E-state index < -0.39 is 0 Å². The number of hydrogen-bond donors (Lipinski definition) is 1. The summed E-state index contributed by atoms with van der Waals surface area (Å²) in [7, 11) is 1.64. The second-order valence-electron chi connectivity index (χ2n) is 7.14. The second-order valence-corrected chi connectivity index (χ2v) is 8.49. The van der Waals surface area contributed by atoms with Crippen LogP contribution in [0.1, 0.15) is 38.3 Å². The Morgan fingerprint density at radius 2 is 1.94 bits per heavy atom. The number of ether oxygens (including phenoxy) is 1. The number of methoxy groups -OCH3 is 1. The molecule has 8 heteroatoms. The average Bonchev–Trinajstić information content (AvgIpc) is 3.19. The van der Waals surface area contributed by atoms with Crippen molar-refractivity contribution in [2.24, 2.45) is 0 Å². The minimum atomic E-state index is -0.172. The molecule has 3 rings (SSSR count). The van der Waals surface area contributed by atoms with Gasteiger partial charge in [-0.15, -0.1) is 10.2 Å².